The largest absolute Gasteiger partial charge is 0.504 e. The highest BCUT2D eigenvalue weighted by Crippen LogP contribution is 2.33. The Bertz CT molecular complexity index is 1020. The Morgan fingerprint density at radius 1 is 0.903 bits per heavy atom. The number of anilines is 1. The third-order valence-electron chi connectivity index (χ3n) is 6.01. The normalized spacial score (nSPS) is 13.3. The van der Waals surface area contributed by atoms with Gasteiger partial charge in [-0.1, -0.05) is 24.3 Å². The highest BCUT2D eigenvalue weighted by molar-refractivity contribution is 5.93. The zero-order valence-electron chi connectivity index (χ0n) is 18.1. The molecule has 0 saturated carbocycles. The SMILES string of the molecule is Oc1ccc(CCOCCCCCNc2c3c(nc4ccccc24)CCCC3)cc1O. The summed E-state index contributed by atoms with van der Waals surface area (Å²) >= 11 is 0. The first-order valence-corrected chi connectivity index (χ1v) is 11.5. The number of hydrogen-bond acceptors (Lipinski definition) is 5. The molecule has 31 heavy (non-hydrogen) atoms. The maximum atomic E-state index is 9.53. The van der Waals surface area contributed by atoms with Gasteiger partial charge in [-0.15, -0.1) is 0 Å². The second-order valence-corrected chi connectivity index (χ2v) is 8.31. The van der Waals surface area contributed by atoms with Crippen LogP contribution in [0.4, 0.5) is 5.69 Å². The number of hydrogen-bond donors (Lipinski definition) is 3. The fraction of sp³-hybridized carbons (Fsp3) is 0.423. The summed E-state index contributed by atoms with van der Waals surface area (Å²) in [6, 6.07) is 13.4. The van der Waals surface area contributed by atoms with Crippen molar-refractivity contribution in [1.29, 1.82) is 0 Å². The molecule has 3 N–H and O–H groups in total. The molecule has 0 amide bonds. The predicted molar refractivity (Wildman–Crippen MR) is 125 cm³/mol. The fourth-order valence-corrected chi connectivity index (χ4v) is 4.31. The molecule has 0 radical (unpaired) electrons. The quantitative estimate of drug-likeness (QED) is 0.304. The lowest BCUT2D eigenvalue weighted by atomic mass is 9.92. The third kappa shape index (κ3) is 5.47. The molecule has 164 valence electrons. The fourth-order valence-electron chi connectivity index (χ4n) is 4.31. The number of unbranched alkanes of at least 4 members (excludes halogenated alkanes) is 2. The molecule has 0 unspecified atom stereocenters. The number of fused-ring (bicyclic) bond motifs is 2. The van der Waals surface area contributed by atoms with Crippen LogP contribution in [0.5, 0.6) is 11.5 Å². The number of benzene rings is 2. The minimum Gasteiger partial charge on any atom is -0.504 e. The minimum absolute atomic E-state index is 0.0757. The maximum Gasteiger partial charge on any atom is 0.157 e. The molecular weight excluding hydrogens is 388 g/mol. The van der Waals surface area contributed by atoms with E-state index in [0.29, 0.717) is 6.61 Å². The van der Waals surface area contributed by atoms with Crippen LogP contribution in [0.1, 0.15) is 48.9 Å². The number of nitrogens with zero attached hydrogens (tertiary/aromatic N) is 1. The monoisotopic (exact) mass is 420 g/mol. The van der Waals surface area contributed by atoms with Gasteiger partial charge < -0.3 is 20.3 Å². The summed E-state index contributed by atoms with van der Waals surface area (Å²) in [4.78, 5) is 4.91. The molecule has 0 saturated heterocycles. The molecule has 5 nitrogen and oxygen atoms in total. The van der Waals surface area contributed by atoms with E-state index in [2.05, 4.69) is 29.6 Å². The maximum absolute atomic E-state index is 9.53. The second-order valence-electron chi connectivity index (χ2n) is 8.31. The molecule has 0 aliphatic heterocycles. The Kier molecular flexibility index (Phi) is 7.26. The third-order valence-corrected chi connectivity index (χ3v) is 6.01. The topological polar surface area (TPSA) is 74.6 Å². The van der Waals surface area contributed by atoms with E-state index >= 15 is 0 Å². The summed E-state index contributed by atoms with van der Waals surface area (Å²) in [7, 11) is 0. The summed E-state index contributed by atoms with van der Waals surface area (Å²) in [5.41, 5.74) is 6.07. The van der Waals surface area contributed by atoms with Crippen LogP contribution in [0.2, 0.25) is 0 Å². The number of phenolic OH excluding ortho intramolecular Hbond substituents is 2. The average Bonchev–Trinajstić information content (AvgIpc) is 2.79. The van der Waals surface area contributed by atoms with Crippen LogP contribution in [0.3, 0.4) is 0 Å². The molecular formula is C26H32N2O3. The van der Waals surface area contributed by atoms with Gasteiger partial charge in [0.1, 0.15) is 0 Å². The predicted octanol–water partition coefficient (Wildman–Crippen LogP) is 5.37. The lowest BCUT2D eigenvalue weighted by Crippen LogP contribution is -2.12. The van der Waals surface area contributed by atoms with E-state index in [1.165, 1.54) is 41.2 Å². The van der Waals surface area contributed by atoms with Crippen molar-refractivity contribution in [3.8, 4) is 11.5 Å². The summed E-state index contributed by atoms with van der Waals surface area (Å²) in [5.74, 6) is -0.160. The van der Waals surface area contributed by atoms with Gasteiger partial charge in [-0.25, -0.2) is 0 Å². The Balaban J connectivity index is 1.18. The van der Waals surface area contributed by atoms with Gasteiger partial charge in [-0.2, -0.15) is 0 Å². The summed E-state index contributed by atoms with van der Waals surface area (Å²) in [6.45, 7) is 2.34. The Labute approximate surface area is 184 Å². The number of ether oxygens (including phenoxy) is 1. The van der Waals surface area contributed by atoms with Crippen molar-refractivity contribution in [3.63, 3.8) is 0 Å². The first-order chi connectivity index (χ1) is 15.2. The number of pyridine rings is 1. The van der Waals surface area contributed by atoms with Crippen LogP contribution < -0.4 is 5.32 Å². The summed E-state index contributed by atoms with van der Waals surface area (Å²) in [6.07, 6.45) is 8.72. The number of aryl methyl sites for hydroxylation is 1. The van der Waals surface area contributed by atoms with E-state index in [1.54, 1.807) is 6.07 Å². The molecule has 1 aliphatic carbocycles. The first-order valence-electron chi connectivity index (χ1n) is 11.5. The molecule has 1 aliphatic rings. The Morgan fingerprint density at radius 3 is 2.68 bits per heavy atom. The van der Waals surface area contributed by atoms with Gasteiger partial charge >= 0.3 is 0 Å². The van der Waals surface area contributed by atoms with Crippen LogP contribution >= 0.6 is 0 Å². The molecule has 1 aromatic heterocycles. The lowest BCUT2D eigenvalue weighted by Gasteiger charge is -2.21. The van der Waals surface area contributed by atoms with Crippen molar-refractivity contribution in [3.05, 3.63) is 59.3 Å². The van der Waals surface area contributed by atoms with Crippen molar-refractivity contribution < 1.29 is 14.9 Å². The van der Waals surface area contributed by atoms with Crippen molar-refractivity contribution in [2.45, 2.75) is 51.4 Å². The Morgan fingerprint density at radius 2 is 1.77 bits per heavy atom. The van der Waals surface area contributed by atoms with E-state index in [9.17, 15) is 10.2 Å². The van der Waals surface area contributed by atoms with E-state index in [1.807, 2.05) is 6.07 Å². The minimum atomic E-state index is -0.0847. The molecule has 0 atom stereocenters. The van der Waals surface area contributed by atoms with Gasteiger partial charge in [0.2, 0.25) is 0 Å². The van der Waals surface area contributed by atoms with Gasteiger partial charge in [0.05, 0.1) is 12.1 Å². The molecule has 1 heterocycles. The number of phenols is 2. The smallest absolute Gasteiger partial charge is 0.157 e. The summed E-state index contributed by atoms with van der Waals surface area (Å²) < 4.78 is 5.73. The van der Waals surface area contributed by atoms with Gasteiger partial charge in [0.15, 0.2) is 11.5 Å². The number of aromatic nitrogens is 1. The second kappa shape index (κ2) is 10.5. The van der Waals surface area contributed by atoms with Crippen molar-refractivity contribution in [1.82, 2.24) is 4.98 Å². The number of nitrogens with one attached hydrogen (secondary N) is 1. The highest BCUT2D eigenvalue weighted by atomic mass is 16.5. The van der Waals surface area contributed by atoms with Crippen LogP contribution in [0.15, 0.2) is 42.5 Å². The van der Waals surface area contributed by atoms with Crippen LogP contribution in [0.25, 0.3) is 10.9 Å². The standard InChI is InChI=1S/C26H32N2O3/c29-24-13-12-19(18-25(24)30)14-17-31-16-7-1-6-15-27-26-20-8-2-4-10-22(20)28-23-11-5-3-9-21(23)26/h2,4,8,10,12-13,18,29-30H,1,3,5-7,9,11,14-17H2,(H,27,28). The first kappa shape index (κ1) is 21.4. The highest BCUT2D eigenvalue weighted by Gasteiger charge is 2.17. The lowest BCUT2D eigenvalue weighted by molar-refractivity contribution is 0.133. The number of rotatable bonds is 10. The Hall–Kier alpha value is -2.79. The van der Waals surface area contributed by atoms with Crippen LogP contribution in [-0.4, -0.2) is 35.0 Å². The van der Waals surface area contributed by atoms with E-state index in [-0.39, 0.29) is 11.5 Å². The average molecular weight is 421 g/mol. The van der Waals surface area contributed by atoms with Crippen molar-refractivity contribution >= 4 is 16.6 Å². The number of aromatic hydroxyl groups is 2. The van der Waals surface area contributed by atoms with E-state index in [0.717, 1.165) is 62.8 Å². The zero-order chi connectivity index (χ0) is 21.5. The zero-order valence-corrected chi connectivity index (χ0v) is 18.1. The van der Waals surface area contributed by atoms with Gasteiger partial charge in [-0.05, 0) is 80.7 Å². The summed E-state index contributed by atoms with van der Waals surface area (Å²) in [5, 5.41) is 23.8. The molecule has 0 spiro atoms. The molecule has 0 fully saturated rings. The van der Waals surface area contributed by atoms with Crippen LogP contribution in [0, 0.1) is 0 Å². The molecule has 5 heteroatoms. The van der Waals surface area contributed by atoms with Gasteiger partial charge in [-0.3, -0.25) is 4.98 Å². The van der Waals surface area contributed by atoms with Crippen molar-refractivity contribution in [2.24, 2.45) is 0 Å². The van der Waals surface area contributed by atoms with Crippen molar-refractivity contribution in [2.75, 3.05) is 25.1 Å². The molecule has 4 rings (SSSR count). The van der Waals surface area contributed by atoms with E-state index in [4.69, 9.17) is 9.72 Å². The number of para-hydroxylation sites is 1. The van der Waals surface area contributed by atoms with E-state index < -0.39 is 0 Å². The van der Waals surface area contributed by atoms with Gasteiger partial charge in [0.25, 0.3) is 0 Å². The molecule has 3 aromatic rings. The molecule has 0 bridgehead atoms. The molecule has 2 aromatic carbocycles. The van der Waals surface area contributed by atoms with Crippen LogP contribution in [-0.2, 0) is 24.0 Å². The van der Waals surface area contributed by atoms with Gasteiger partial charge in [0, 0.05) is 29.9 Å².